The molecule has 0 bridgehead atoms. The highest BCUT2D eigenvalue weighted by atomic mass is 32.2. The van der Waals surface area contributed by atoms with Gasteiger partial charge in [0.25, 0.3) is 0 Å². The molecule has 0 heterocycles. The summed E-state index contributed by atoms with van der Waals surface area (Å²) in [5.41, 5.74) is 1.09. The summed E-state index contributed by atoms with van der Waals surface area (Å²) in [5, 5.41) is 9.22. The van der Waals surface area contributed by atoms with Gasteiger partial charge in [0.2, 0.25) is 0 Å². The van der Waals surface area contributed by atoms with Gasteiger partial charge in [-0.05, 0) is 30.2 Å². The molecule has 0 fully saturated rings. The Bertz CT molecular complexity index is 297. The number of benzene rings is 1. The molecule has 0 atom stereocenters. The Kier molecular flexibility index (Phi) is 3.83. The van der Waals surface area contributed by atoms with Crippen LogP contribution in [0.4, 0.5) is 0 Å². The molecule has 0 aliphatic rings. The van der Waals surface area contributed by atoms with E-state index in [-0.39, 0.29) is 5.75 Å². The molecule has 0 saturated carbocycles. The van der Waals surface area contributed by atoms with Gasteiger partial charge in [0.1, 0.15) is 12.0 Å². The van der Waals surface area contributed by atoms with Crippen LogP contribution in [0, 0.1) is 0 Å². The van der Waals surface area contributed by atoms with E-state index in [2.05, 4.69) is 0 Å². The first-order valence-electron chi connectivity index (χ1n) is 4.16. The molecule has 70 valence electrons. The first-order chi connectivity index (χ1) is 6.27. The normalized spacial score (nSPS) is 9.92. The summed E-state index contributed by atoms with van der Waals surface area (Å²) in [7, 11) is 0. The number of carbonyl (C=O) groups is 1. The van der Waals surface area contributed by atoms with E-state index in [0.717, 1.165) is 23.2 Å². The molecule has 2 nitrogen and oxygen atoms in total. The lowest BCUT2D eigenvalue weighted by Crippen LogP contribution is -1.87. The van der Waals surface area contributed by atoms with Gasteiger partial charge in [0.05, 0.1) is 5.75 Å². The second-order valence-electron chi connectivity index (χ2n) is 2.62. The third kappa shape index (κ3) is 2.77. The Morgan fingerprint density at radius 3 is 2.92 bits per heavy atom. The molecule has 1 N–H and O–H groups in total. The predicted molar refractivity (Wildman–Crippen MR) is 54.3 cm³/mol. The van der Waals surface area contributed by atoms with Crippen LogP contribution in [0.5, 0.6) is 5.75 Å². The van der Waals surface area contributed by atoms with Gasteiger partial charge in [-0.15, -0.1) is 11.8 Å². The number of phenols is 1. The number of hydrogen-bond acceptors (Lipinski definition) is 3. The molecule has 0 aromatic heterocycles. The topological polar surface area (TPSA) is 37.3 Å². The van der Waals surface area contributed by atoms with E-state index in [1.165, 1.54) is 11.8 Å². The van der Waals surface area contributed by atoms with Crippen molar-refractivity contribution in [2.45, 2.75) is 18.2 Å². The van der Waals surface area contributed by atoms with Gasteiger partial charge in [-0.2, -0.15) is 0 Å². The van der Waals surface area contributed by atoms with Crippen LogP contribution >= 0.6 is 11.8 Å². The molecule has 1 aromatic carbocycles. The van der Waals surface area contributed by atoms with Crippen molar-refractivity contribution in [2.75, 3.05) is 5.75 Å². The molecule has 1 aromatic rings. The molecular formula is C10H12O2S. The molecule has 0 aliphatic heterocycles. The van der Waals surface area contributed by atoms with Gasteiger partial charge in [0.15, 0.2) is 0 Å². The maximum atomic E-state index is 10.2. The molecule has 0 saturated heterocycles. The number of aldehydes is 1. The number of thioether (sulfide) groups is 1. The summed E-state index contributed by atoms with van der Waals surface area (Å²) in [5.74, 6) is 0.755. The number of aromatic hydroxyl groups is 1. The Balaban J connectivity index is 2.85. The van der Waals surface area contributed by atoms with Crippen LogP contribution in [0.1, 0.15) is 12.5 Å². The van der Waals surface area contributed by atoms with Crippen molar-refractivity contribution in [3.63, 3.8) is 0 Å². The fourth-order valence-corrected chi connectivity index (χ4v) is 1.91. The summed E-state index contributed by atoms with van der Waals surface area (Å²) in [6.07, 6.45) is 1.76. The van der Waals surface area contributed by atoms with Crippen LogP contribution in [0.15, 0.2) is 23.1 Å². The second kappa shape index (κ2) is 4.92. The summed E-state index contributed by atoms with van der Waals surface area (Å²) in [6.45, 7) is 2.03. The molecule has 0 amide bonds. The van der Waals surface area contributed by atoms with Crippen molar-refractivity contribution in [3.8, 4) is 5.75 Å². The van der Waals surface area contributed by atoms with E-state index >= 15 is 0 Å². The minimum absolute atomic E-state index is 0.285. The Morgan fingerprint density at radius 1 is 1.54 bits per heavy atom. The maximum absolute atomic E-state index is 10.2. The summed E-state index contributed by atoms with van der Waals surface area (Å²) in [4.78, 5) is 11.3. The molecule has 13 heavy (non-hydrogen) atoms. The van der Waals surface area contributed by atoms with Gasteiger partial charge in [0, 0.05) is 4.90 Å². The zero-order valence-electron chi connectivity index (χ0n) is 7.49. The van der Waals surface area contributed by atoms with Crippen molar-refractivity contribution in [2.24, 2.45) is 0 Å². The highest BCUT2D eigenvalue weighted by molar-refractivity contribution is 8.00. The van der Waals surface area contributed by atoms with Gasteiger partial charge in [-0.3, -0.25) is 0 Å². The zero-order valence-corrected chi connectivity index (χ0v) is 8.30. The Labute approximate surface area is 82.0 Å². The average Bonchev–Trinajstić information content (AvgIpc) is 2.16. The second-order valence-corrected chi connectivity index (χ2v) is 3.69. The quantitative estimate of drug-likeness (QED) is 0.592. The highest BCUT2D eigenvalue weighted by Crippen LogP contribution is 2.25. The molecular weight excluding hydrogens is 184 g/mol. The van der Waals surface area contributed by atoms with Crippen molar-refractivity contribution in [1.82, 2.24) is 0 Å². The van der Waals surface area contributed by atoms with Crippen LogP contribution < -0.4 is 0 Å². The van der Waals surface area contributed by atoms with Crippen molar-refractivity contribution < 1.29 is 9.90 Å². The Hall–Kier alpha value is -0.960. The van der Waals surface area contributed by atoms with E-state index in [4.69, 9.17) is 0 Å². The SMILES string of the molecule is CCc1cc(O)ccc1SCC=O. The minimum atomic E-state index is 0.285. The average molecular weight is 196 g/mol. The van der Waals surface area contributed by atoms with E-state index in [1.807, 2.05) is 13.0 Å². The summed E-state index contributed by atoms with van der Waals surface area (Å²) >= 11 is 1.50. The lowest BCUT2D eigenvalue weighted by molar-refractivity contribution is -0.105. The predicted octanol–water partition coefficient (Wildman–Crippen LogP) is 2.25. The van der Waals surface area contributed by atoms with Gasteiger partial charge >= 0.3 is 0 Å². The largest absolute Gasteiger partial charge is 0.508 e. The van der Waals surface area contributed by atoms with Crippen LogP contribution in [0.3, 0.4) is 0 Å². The first kappa shape index (κ1) is 10.1. The molecule has 0 unspecified atom stereocenters. The molecule has 0 spiro atoms. The van der Waals surface area contributed by atoms with Gasteiger partial charge in [-0.1, -0.05) is 6.92 Å². The molecule has 3 heteroatoms. The lowest BCUT2D eigenvalue weighted by atomic mass is 10.2. The van der Waals surface area contributed by atoms with Crippen molar-refractivity contribution in [1.29, 1.82) is 0 Å². The van der Waals surface area contributed by atoms with E-state index in [0.29, 0.717) is 5.75 Å². The molecule has 0 aliphatic carbocycles. The third-order valence-electron chi connectivity index (χ3n) is 1.73. The first-order valence-corrected chi connectivity index (χ1v) is 5.14. The number of hydrogen-bond donors (Lipinski definition) is 1. The van der Waals surface area contributed by atoms with E-state index in [9.17, 15) is 9.90 Å². The summed E-state index contributed by atoms with van der Waals surface area (Å²) in [6, 6.07) is 5.24. The number of aryl methyl sites for hydroxylation is 1. The number of rotatable bonds is 4. The standard InChI is InChI=1S/C10H12O2S/c1-2-8-7-9(12)3-4-10(8)13-6-5-11/h3-5,7,12H,2,6H2,1H3. The number of phenolic OH excluding ortho intramolecular Hbond substituents is 1. The lowest BCUT2D eigenvalue weighted by Gasteiger charge is -2.05. The minimum Gasteiger partial charge on any atom is -0.508 e. The zero-order chi connectivity index (χ0) is 9.68. The monoisotopic (exact) mass is 196 g/mol. The van der Waals surface area contributed by atoms with Crippen LogP contribution in [-0.4, -0.2) is 17.1 Å². The van der Waals surface area contributed by atoms with Crippen LogP contribution in [0.25, 0.3) is 0 Å². The third-order valence-corrected chi connectivity index (χ3v) is 2.74. The van der Waals surface area contributed by atoms with E-state index in [1.54, 1.807) is 12.1 Å². The molecule has 0 radical (unpaired) electrons. The smallest absolute Gasteiger partial charge is 0.130 e. The van der Waals surface area contributed by atoms with Gasteiger partial charge in [-0.25, -0.2) is 0 Å². The highest BCUT2D eigenvalue weighted by Gasteiger charge is 2.01. The maximum Gasteiger partial charge on any atom is 0.130 e. The Morgan fingerprint density at radius 2 is 2.31 bits per heavy atom. The van der Waals surface area contributed by atoms with Crippen molar-refractivity contribution in [3.05, 3.63) is 23.8 Å². The molecule has 1 rings (SSSR count). The van der Waals surface area contributed by atoms with Crippen LogP contribution in [-0.2, 0) is 11.2 Å². The number of carbonyl (C=O) groups excluding carboxylic acids is 1. The fraction of sp³-hybridized carbons (Fsp3) is 0.300. The summed E-state index contributed by atoms with van der Waals surface area (Å²) < 4.78 is 0. The van der Waals surface area contributed by atoms with E-state index < -0.39 is 0 Å². The van der Waals surface area contributed by atoms with Crippen LogP contribution in [0.2, 0.25) is 0 Å². The fourth-order valence-electron chi connectivity index (χ4n) is 1.11. The van der Waals surface area contributed by atoms with Gasteiger partial charge < -0.3 is 9.90 Å². The van der Waals surface area contributed by atoms with Crippen molar-refractivity contribution >= 4 is 18.0 Å².